The second-order valence-corrected chi connectivity index (χ2v) is 6.05. The summed E-state index contributed by atoms with van der Waals surface area (Å²) in [4.78, 5) is 12.0. The van der Waals surface area contributed by atoms with E-state index in [0.717, 1.165) is 23.3 Å². The molecule has 3 nitrogen and oxygen atoms in total. The molecule has 1 aliphatic carbocycles. The van der Waals surface area contributed by atoms with Crippen LogP contribution >= 0.6 is 0 Å². The van der Waals surface area contributed by atoms with Crippen LogP contribution in [0.15, 0.2) is 18.2 Å². The lowest BCUT2D eigenvalue weighted by molar-refractivity contribution is -0.124. The lowest BCUT2D eigenvalue weighted by Gasteiger charge is -2.29. The van der Waals surface area contributed by atoms with Crippen molar-refractivity contribution < 1.29 is 9.53 Å². The van der Waals surface area contributed by atoms with Gasteiger partial charge in [-0.2, -0.15) is 0 Å². The maximum Gasteiger partial charge on any atom is 0.258 e. The molecule has 1 amide bonds. The van der Waals surface area contributed by atoms with Gasteiger partial charge in [0.05, 0.1) is 0 Å². The molecular formula is C17H25NO2. The molecule has 0 spiro atoms. The molecule has 1 aromatic rings. The highest BCUT2D eigenvalue weighted by Gasteiger charge is 2.22. The summed E-state index contributed by atoms with van der Waals surface area (Å²) < 4.78 is 5.59. The normalized spacial score (nSPS) is 22.4. The molecule has 1 saturated carbocycles. The molecule has 20 heavy (non-hydrogen) atoms. The summed E-state index contributed by atoms with van der Waals surface area (Å²) in [6.45, 7) is 6.38. The van der Waals surface area contributed by atoms with Crippen molar-refractivity contribution in [3.8, 4) is 5.75 Å². The highest BCUT2D eigenvalue weighted by Crippen LogP contribution is 2.23. The molecule has 0 radical (unpaired) electrons. The van der Waals surface area contributed by atoms with E-state index in [0.29, 0.717) is 12.0 Å². The zero-order valence-corrected chi connectivity index (χ0v) is 12.7. The van der Waals surface area contributed by atoms with E-state index in [9.17, 15) is 4.79 Å². The van der Waals surface area contributed by atoms with Crippen molar-refractivity contribution >= 4 is 5.91 Å². The number of hydrogen-bond donors (Lipinski definition) is 1. The van der Waals surface area contributed by atoms with Gasteiger partial charge in [0.2, 0.25) is 0 Å². The third kappa shape index (κ3) is 4.26. The minimum absolute atomic E-state index is 0.0112. The summed E-state index contributed by atoms with van der Waals surface area (Å²) in [5, 5.41) is 3.10. The first-order valence-corrected chi connectivity index (χ1v) is 7.55. The van der Waals surface area contributed by atoms with Gasteiger partial charge in [0, 0.05) is 6.04 Å². The smallest absolute Gasteiger partial charge is 0.258 e. The van der Waals surface area contributed by atoms with E-state index in [2.05, 4.69) is 18.3 Å². The summed E-state index contributed by atoms with van der Waals surface area (Å²) in [6, 6.07) is 6.34. The number of hydrogen-bond acceptors (Lipinski definition) is 2. The Morgan fingerprint density at radius 3 is 2.50 bits per heavy atom. The highest BCUT2D eigenvalue weighted by atomic mass is 16.5. The number of benzene rings is 1. The Morgan fingerprint density at radius 1 is 1.20 bits per heavy atom. The van der Waals surface area contributed by atoms with Crippen LogP contribution in [0.3, 0.4) is 0 Å². The van der Waals surface area contributed by atoms with E-state index in [1.165, 1.54) is 19.3 Å². The third-order valence-corrected chi connectivity index (χ3v) is 4.02. The molecule has 1 fully saturated rings. The van der Waals surface area contributed by atoms with Gasteiger partial charge < -0.3 is 10.1 Å². The minimum Gasteiger partial charge on any atom is -0.484 e. The first kappa shape index (κ1) is 14.9. The lowest BCUT2D eigenvalue weighted by atomic mass is 9.86. The SMILES string of the molecule is Cc1cc(C)cc(OCC(=O)N[C@@H]2CCCC[C@@H]2C)c1. The Morgan fingerprint density at radius 2 is 1.85 bits per heavy atom. The van der Waals surface area contributed by atoms with Crippen LogP contribution in [0.4, 0.5) is 0 Å². The average molecular weight is 275 g/mol. The Labute approximate surface area is 121 Å². The molecule has 2 atom stereocenters. The lowest BCUT2D eigenvalue weighted by Crippen LogP contribution is -2.43. The van der Waals surface area contributed by atoms with Gasteiger partial charge >= 0.3 is 0 Å². The first-order chi connectivity index (χ1) is 9.54. The number of rotatable bonds is 4. The topological polar surface area (TPSA) is 38.3 Å². The molecule has 1 aromatic carbocycles. The summed E-state index contributed by atoms with van der Waals surface area (Å²) in [6.07, 6.45) is 4.80. The Kier molecular flexibility index (Phi) is 5.05. The fourth-order valence-corrected chi connectivity index (χ4v) is 2.94. The average Bonchev–Trinajstić information content (AvgIpc) is 2.38. The Bertz CT molecular complexity index is 450. The van der Waals surface area contributed by atoms with Crippen molar-refractivity contribution in [2.24, 2.45) is 5.92 Å². The van der Waals surface area contributed by atoms with Gasteiger partial charge in [0.25, 0.3) is 5.91 Å². The van der Waals surface area contributed by atoms with Crippen LogP contribution in [0, 0.1) is 19.8 Å². The number of ether oxygens (including phenoxy) is 1. The molecule has 0 bridgehead atoms. The van der Waals surface area contributed by atoms with Crippen LogP contribution in [-0.4, -0.2) is 18.6 Å². The van der Waals surface area contributed by atoms with Crippen molar-refractivity contribution in [3.63, 3.8) is 0 Å². The van der Waals surface area contributed by atoms with Gasteiger partial charge in [-0.25, -0.2) is 0 Å². The molecule has 1 N–H and O–H groups in total. The predicted octanol–water partition coefficient (Wildman–Crippen LogP) is 3.38. The number of nitrogens with one attached hydrogen (secondary N) is 1. The van der Waals surface area contributed by atoms with Crippen molar-refractivity contribution in [2.45, 2.75) is 52.5 Å². The van der Waals surface area contributed by atoms with E-state index in [1.54, 1.807) is 0 Å². The van der Waals surface area contributed by atoms with Gasteiger partial charge in [-0.05, 0) is 55.9 Å². The third-order valence-electron chi connectivity index (χ3n) is 4.02. The Balaban J connectivity index is 1.82. The van der Waals surface area contributed by atoms with Gasteiger partial charge in [0.1, 0.15) is 5.75 Å². The van der Waals surface area contributed by atoms with E-state index < -0.39 is 0 Å². The number of aryl methyl sites for hydroxylation is 2. The van der Waals surface area contributed by atoms with Gasteiger partial charge in [0.15, 0.2) is 6.61 Å². The van der Waals surface area contributed by atoms with E-state index in [-0.39, 0.29) is 12.5 Å². The van der Waals surface area contributed by atoms with Crippen LogP contribution in [0.1, 0.15) is 43.7 Å². The number of carbonyl (C=O) groups excluding carboxylic acids is 1. The number of amides is 1. The molecular weight excluding hydrogens is 250 g/mol. The molecule has 110 valence electrons. The van der Waals surface area contributed by atoms with E-state index >= 15 is 0 Å². The molecule has 1 aliphatic rings. The van der Waals surface area contributed by atoms with Gasteiger partial charge in [-0.3, -0.25) is 4.79 Å². The van der Waals surface area contributed by atoms with Crippen molar-refractivity contribution in [3.05, 3.63) is 29.3 Å². The molecule has 0 aromatic heterocycles. The van der Waals surface area contributed by atoms with Crippen molar-refractivity contribution in [1.29, 1.82) is 0 Å². The van der Waals surface area contributed by atoms with Gasteiger partial charge in [-0.15, -0.1) is 0 Å². The Hall–Kier alpha value is -1.51. The largest absolute Gasteiger partial charge is 0.484 e. The molecule has 2 rings (SSSR count). The fourth-order valence-electron chi connectivity index (χ4n) is 2.94. The summed E-state index contributed by atoms with van der Waals surface area (Å²) in [7, 11) is 0. The van der Waals surface area contributed by atoms with E-state index in [1.807, 2.05) is 26.0 Å². The second kappa shape index (κ2) is 6.78. The fraction of sp³-hybridized carbons (Fsp3) is 0.588. The maximum absolute atomic E-state index is 12.0. The van der Waals surface area contributed by atoms with Crippen LogP contribution in [0.5, 0.6) is 5.75 Å². The quantitative estimate of drug-likeness (QED) is 0.915. The van der Waals surface area contributed by atoms with Crippen LogP contribution in [-0.2, 0) is 4.79 Å². The maximum atomic E-state index is 12.0. The zero-order chi connectivity index (χ0) is 14.5. The van der Waals surface area contributed by atoms with Crippen molar-refractivity contribution in [2.75, 3.05) is 6.61 Å². The zero-order valence-electron chi connectivity index (χ0n) is 12.7. The molecule has 0 unspecified atom stereocenters. The summed E-state index contributed by atoms with van der Waals surface area (Å²) in [5.74, 6) is 1.34. The molecule has 0 saturated heterocycles. The molecule has 0 aliphatic heterocycles. The van der Waals surface area contributed by atoms with Gasteiger partial charge in [-0.1, -0.05) is 25.8 Å². The molecule has 0 heterocycles. The highest BCUT2D eigenvalue weighted by molar-refractivity contribution is 5.77. The van der Waals surface area contributed by atoms with Crippen molar-refractivity contribution in [1.82, 2.24) is 5.32 Å². The number of carbonyl (C=O) groups is 1. The molecule has 3 heteroatoms. The summed E-state index contributed by atoms with van der Waals surface area (Å²) in [5.41, 5.74) is 2.31. The predicted molar refractivity (Wildman–Crippen MR) is 81.0 cm³/mol. The van der Waals surface area contributed by atoms with Crippen LogP contribution in [0.25, 0.3) is 0 Å². The standard InChI is InChI=1S/C17H25NO2/c1-12-8-13(2)10-15(9-12)20-11-17(19)18-16-7-5-4-6-14(16)3/h8-10,14,16H,4-7,11H2,1-3H3,(H,18,19)/t14-,16+/m0/s1. The minimum atomic E-state index is -0.0112. The monoisotopic (exact) mass is 275 g/mol. The van der Waals surface area contributed by atoms with Crippen LogP contribution < -0.4 is 10.1 Å². The summed E-state index contributed by atoms with van der Waals surface area (Å²) >= 11 is 0. The van der Waals surface area contributed by atoms with E-state index in [4.69, 9.17) is 4.74 Å². The first-order valence-electron chi connectivity index (χ1n) is 7.55. The second-order valence-electron chi connectivity index (χ2n) is 6.05. The van der Waals surface area contributed by atoms with Crippen LogP contribution in [0.2, 0.25) is 0 Å².